The quantitative estimate of drug-likeness (QED) is 0.0449. The fourth-order valence-electron chi connectivity index (χ4n) is 14.5. The zero-order chi connectivity index (χ0) is 66.5. The lowest BCUT2D eigenvalue weighted by Crippen LogP contribution is -2.31. The number of hydrogen-bond donors (Lipinski definition) is 0. The average Bonchev–Trinajstić information content (AvgIpc) is 3.50. The molecule has 0 spiro atoms. The van der Waals surface area contributed by atoms with Gasteiger partial charge in [0, 0.05) is 19.1 Å². The Balaban J connectivity index is -0.00000197. The summed E-state index contributed by atoms with van der Waals surface area (Å²) < 4.78 is 20.4. The van der Waals surface area contributed by atoms with Gasteiger partial charge in [-0.05, 0) is 81.5 Å². The third-order valence-corrected chi connectivity index (χ3v) is 21.4. The molecule has 5 unspecified atom stereocenters. The third-order valence-electron chi connectivity index (χ3n) is 21.4. The third kappa shape index (κ3) is 74.1. The molecule has 5 atom stereocenters. The van der Waals surface area contributed by atoms with E-state index in [9.17, 15) is 0 Å². The number of rotatable bonds is 79. The van der Waals surface area contributed by atoms with Crippen LogP contribution in [0.2, 0.25) is 0 Å². The van der Waals surface area contributed by atoms with Gasteiger partial charge in [0.1, 0.15) is 0 Å². The molecular formula is C89H184O3. The van der Waals surface area contributed by atoms with E-state index in [1.165, 1.54) is 437 Å². The molecule has 0 fully saturated rings. The largest absolute Gasteiger partial charge is 0.381 e. The summed E-state index contributed by atoms with van der Waals surface area (Å²) >= 11 is 0. The smallest absolute Gasteiger partial charge is 0.160 e. The topological polar surface area (TPSA) is 27.7 Å². The molecule has 92 heavy (non-hydrogen) atoms. The maximum Gasteiger partial charge on any atom is 0.160 e. The summed E-state index contributed by atoms with van der Waals surface area (Å²) in [4.78, 5) is 0. The zero-order valence-electron chi connectivity index (χ0n) is 65.6. The van der Waals surface area contributed by atoms with E-state index in [1.54, 1.807) is 0 Å². The monoisotopic (exact) mass is 1300 g/mol. The molecule has 0 aromatic heterocycles. The fourth-order valence-corrected chi connectivity index (χ4v) is 14.5. The van der Waals surface area contributed by atoms with Gasteiger partial charge < -0.3 is 14.2 Å². The van der Waals surface area contributed by atoms with E-state index in [1.807, 2.05) is 0 Å². The van der Waals surface area contributed by atoms with E-state index in [2.05, 4.69) is 69.2 Å². The van der Waals surface area contributed by atoms with Crippen LogP contribution in [-0.4, -0.2) is 32.7 Å². The lowest BCUT2D eigenvalue weighted by molar-refractivity contribution is -0.188. The summed E-state index contributed by atoms with van der Waals surface area (Å²) in [6.07, 6.45) is 95.4. The van der Waals surface area contributed by atoms with Crippen molar-refractivity contribution in [3.63, 3.8) is 0 Å². The molecule has 0 bridgehead atoms. The second kappa shape index (κ2) is 85.1. The predicted molar refractivity (Wildman–Crippen MR) is 421 cm³/mol. The molecule has 3 heteroatoms. The molecule has 558 valence electrons. The van der Waals surface area contributed by atoms with Crippen molar-refractivity contribution in [2.45, 2.75) is 520 Å². The molecule has 0 aromatic carbocycles. The van der Waals surface area contributed by atoms with E-state index in [4.69, 9.17) is 14.2 Å². The highest BCUT2D eigenvalue weighted by molar-refractivity contribution is 4.69. The van der Waals surface area contributed by atoms with Gasteiger partial charge in [0.05, 0.1) is 13.2 Å². The van der Waals surface area contributed by atoms with Crippen LogP contribution < -0.4 is 0 Å². The van der Waals surface area contributed by atoms with Crippen LogP contribution in [0.5, 0.6) is 0 Å². The van der Waals surface area contributed by atoms with Crippen molar-refractivity contribution in [1.82, 2.24) is 0 Å². The summed E-state index contributed by atoms with van der Waals surface area (Å²) in [5.41, 5.74) is 0. The first kappa shape index (κ1) is 96.1. The standard InChI is InChI=1S/C56H114O2.C32H66O.CH4/c1-7-13-18-22-26-30-32-36-40-44-48-53(46-42-38-34-28-24-20-15-9-3)51-57-56(55(12-6)50-17-11-5)58-52-54(47-43-39-35-29-25-21-16-10-4)49-45-41-37-33-31-27-23-19-14-8-2;1-5-9-12-14-16-18-19-21-23-25-28-32(27-24-22-20-17-15-13-10-6-2)30-33-29-31(8-4)26-11-7-3;/h53-56H,7-52H2,1-6H3;31-32H,5-30H2,1-4H3;1H4. The summed E-state index contributed by atoms with van der Waals surface area (Å²) in [7, 11) is 0. The minimum Gasteiger partial charge on any atom is -0.381 e. The number of ether oxygens (including phenoxy) is 3. The molecule has 0 amide bonds. The molecule has 0 aliphatic heterocycles. The van der Waals surface area contributed by atoms with Gasteiger partial charge in [0.25, 0.3) is 0 Å². The van der Waals surface area contributed by atoms with E-state index in [-0.39, 0.29) is 13.7 Å². The minimum absolute atomic E-state index is 0. The Bertz CT molecular complexity index is 1180. The highest BCUT2D eigenvalue weighted by atomic mass is 16.7. The van der Waals surface area contributed by atoms with Crippen molar-refractivity contribution >= 4 is 0 Å². The highest BCUT2D eigenvalue weighted by Gasteiger charge is 2.25. The second-order valence-electron chi connectivity index (χ2n) is 30.6. The summed E-state index contributed by atoms with van der Waals surface area (Å²) in [5.74, 6) is 3.52. The number of hydrogen-bond acceptors (Lipinski definition) is 3. The van der Waals surface area contributed by atoms with Gasteiger partial charge >= 0.3 is 0 Å². The highest BCUT2D eigenvalue weighted by Crippen LogP contribution is 2.29. The average molecular weight is 1300 g/mol. The van der Waals surface area contributed by atoms with Gasteiger partial charge in [-0.15, -0.1) is 0 Å². The van der Waals surface area contributed by atoms with Crippen molar-refractivity contribution < 1.29 is 14.2 Å². The van der Waals surface area contributed by atoms with Crippen LogP contribution in [-0.2, 0) is 14.2 Å². The van der Waals surface area contributed by atoms with E-state index < -0.39 is 0 Å². The lowest BCUT2D eigenvalue weighted by Gasteiger charge is -2.30. The van der Waals surface area contributed by atoms with Crippen LogP contribution in [0, 0.1) is 29.6 Å². The van der Waals surface area contributed by atoms with E-state index in [0.717, 1.165) is 38.3 Å². The van der Waals surface area contributed by atoms with Crippen LogP contribution in [0.3, 0.4) is 0 Å². The minimum atomic E-state index is -0.0147. The second-order valence-corrected chi connectivity index (χ2v) is 30.6. The zero-order valence-corrected chi connectivity index (χ0v) is 65.6. The normalized spacial score (nSPS) is 13.6. The molecule has 0 saturated carbocycles. The van der Waals surface area contributed by atoms with Gasteiger partial charge in [0.2, 0.25) is 0 Å². The Hall–Kier alpha value is -0.120. The maximum absolute atomic E-state index is 7.04. The first-order valence-corrected chi connectivity index (χ1v) is 43.7. The summed E-state index contributed by atoms with van der Waals surface area (Å²) in [6.45, 7) is 27.2. The Morgan fingerprint density at radius 1 is 0.174 bits per heavy atom. The van der Waals surface area contributed by atoms with Crippen molar-refractivity contribution in [2.24, 2.45) is 29.6 Å². The first-order valence-electron chi connectivity index (χ1n) is 43.7. The Labute approximate surface area is 586 Å². The van der Waals surface area contributed by atoms with Crippen molar-refractivity contribution in [3.8, 4) is 0 Å². The van der Waals surface area contributed by atoms with Crippen LogP contribution in [0.25, 0.3) is 0 Å². The fraction of sp³-hybridized carbons (Fsp3) is 1.00. The SMILES string of the molecule is C.CCCCCCCCCCCCC(CCCCCCCCCC)COC(OCC(CCCCCCCCCC)CCCCCCCCCCCC)C(CC)CCCC.CCCCCCCCCCCCC(CCCCCCCCCC)COCC(CC)CCCC. The van der Waals surface area contributed by atoms with Gasteiger partial charge in [0.15, 0.2) is 6.29 Å². The molecule has 0 N–H and O–H groups in total. The van der Waals surface area contributed by atoms with Crippen LogP contribution in [0.4, 0.5) is 0 Å². The van der Waals surface area contributed by atoms with Crippen molar-refractivity contribution in [2.75, 3.05) is 26.4 Å². The van der Waals surface area contributed by atoms with Gasteiger partial charge in [-0.1, -0.05) is 455 Å². The number of unbranched alkanes of at least 4 members (excludes halogenated alkanes) is 50. The Morgan fingerprint density at radius 3 is 0.576 bits per heavy atom. The van der Waals surface area contributed by atoms with Crippen molar-refractivity contribution in [3.05, 3.63) is 0 Å². The maximum atomic E-state index is 7.04. The van der Waals surface area contributed by atoms with Gasteiger partial charge in [-0.3, -0.25) is 0 Å². The summed E-state index contributed by atoms with van der Waals surface area (Å²) in [6, 6.07) is 0. The molecule has 0 saturated heterocycles. The molecule has 0 radical (unpaired) electrons. The molecular weight excluding hydrogens is 1120 g/mol. The molecule has 0 aliphatic carbocycles. The van der Waals surface area contributed by atoms with Crippen LogP contribution >= 0.6 is 0 Å². The molecule has 0 heterocycles. The Morgan fingerprint density at radius 2 is 0.359 bits per heavy atom. The molecule has 0 aromatic rings. The van der Waals surface area contributed by atoms with Gasteiger partial charge in [-0.25, -0.2) is 0 Å². The van der Waals surface area contributed by atoms with Crippen LogP contribution in [0.15, 0.2) is 0 Å². The van der Waals surface area contributed by atoms with E-state index >= 15 is 0 Å². The lowest BCUT2D eigenvalue weighted by atomic mass is 9.93. The van der Waals surface area contributed by atoms with E-state index in [0.29, 0.717) is 17.8 Å². The molecule has 0 aliphatic rings. The first-order chi connectivity index (χ1) is 44.9. The summed E-state index contributed by atoms with van der Waals surface area (Å²) in [5, 5.41) is 0. The van der Waals surface area contributed by atoms with Crippen LogP contribution in [0.1, 0.15) is 513 Å². The Kier molecular flexibility index (Phi) is 88.9. The molecule has 0 rings (SSSR count). The predicted octanol–water partition coefficient (Wildman–Crippen LogP) is 32.8. The van der Waals surface area contributed by atoms with Crippen molar-refractivity contribution in [1.29, 1.82) is 0 Å². The van der Waals surface area contributed by atoms with Gasteiger partial charge in [-0.2, -0.15) is 0 Å². The molecule has 3 nitrogen and oxygen atoms in total.